The molecule has 1 heterocycles. The molecule has 1 aromatic rings. The molecule has 0 aromatic heterocycles. The first-order valence-electron chi connectivity index (χ1n) is 4.03. The van der Waals surface area contributed by atoms with Gasteiger partial charge in [0.2, 0.25) is 0 Å². The van der Waals surface area contributed by atoms with E-state index in [2.05, 4.69) is 39.4 Å². The summed E-state index contributed by atoms with van der Waals surface area (Å²) in [7, 11) is 0. The molecule has 12 heavy (non-hydrogen) atoms. The van der Waals surface area contributed by atoms with Gasteiger partial charge in [-0.25, -0.2) is 0 Å². The summed E-state index contributed by atoms with van der Waals surface area (Å²) >= 11 is 3.45. The summed E-state index contributed by atoms with van der Waals surface area (Å²) in [4.78, 5) is 0. The first-order valence-corrected chi connectivity index (χ1v) is 4.82. The fraction of sp³-hybridized carbons (Fsp3) is 0.333. The highest BCUT2D eigenvalue weighted by molar-refractivity contribution is 9.10. The summed E-state index contributed by atoms with van der Waals surface area (Å²) in [6, 6.07) is 6.71. The second kappa shape index (κ2) is 3.17. The summed E-state index contributed by atoms with van der Waals surface area (Å²) in [5.41, 5.74) is 8.32. The lowest BCUT2D eigenvalue weighted by Gasteiger charge is -2.07. The maximum atomic E-state index is 5.61. The van der Waals surface area contributed by atoms with Gasteiger partial charge in [0.25, 0.3) is 0 Å². The molecule has 0 aliphatic carbocycles. The lowest BCUT2D eigenvalue weighted by atomic mass is 10.1. The van der Waals surface area contributed by atoms with Crippen LogP contribution in [0.3, 0.4) is 0 Å². The van der Waals surface area contributed by atoms with Crippen molar-refractivity contribution in [3.05, 3.63) is 33.8 Å². The molecule has 3 N–H and O–H groups in total. The number of benzene rings is 1. The molecule has 1 atom stereocenters. The van der Waals surface area contributed by atoms with Gasteiger partial charge in [-0.05, 0) is 23.3 Å². The highest BCUT2D eigenvalue weighted by atomic mass is 79.9. The molecular weight excluding hydrogens is 216 g/mol. The minimum absolute atomic E-state index is 0.355. The highest BCUT2D eigenvalue weighted by Crippen LogP contribution is 2.26. The lowest BCUT2D eigenvalue weighted by molar-refractivity contribution is 0.593. The Morgan fingerprint density at radius 1 is 1.58 bits per heavy atom. The fourth-order valence-electron chi connectivity index (χ4n) is 1.62. The minimum Gasteiger partial charge on any atom is -0.329 e. The summed E-state index contributed by atoms with van der Waals surface area (Å²) in [6.45, 7) is 1.62. The van der Waals surface area contributed by atoms with Crippen molar-refractivity contribution in [1.29, 1.82) is 0 Å². The summed E-state index contributed by atoms with van der Waals surface area (Å²) in [5.74, 6) is 0. The molecule has 0 amide bonds. The van der Waals surface area contributed by atoms with Crippen molar-refractivity contribution in [3.63, 3.8) is 0 Å². The van der Waals surface area contributed by atoms with Crippen LogP contribution in [-0.2, 0) is 6.54 Å². The van der Waals surface area contributed by atoms with Crippen LogP contribution in [0.4, 0.5) is 0 Å². The van der Waals surface area contributed by atoms with Gasteiger partial charge < -0.3 is 11.1 Å². The van der Waals surface area contributed by atoms with Crippen molar-refractivity contribution in [2.45, 2.75) is 12.6 Å². The maximum Gasteiger partial charge on any atom is 0.0450 e. The molecule has 1 aliphatic rings. The smallest absolute Gasteiger partial charge is 0.0450 e. The van der Waals surface area contributed by atoms with Gasteiger partial charge in [-0.15, -0.1) is 0 Å². The molecule has 0 saturated heterocycles. The van der Waals surface area contributed by atoms with Crippen molar-refractivity contribution < 1.29 is 0 Å². The third-order valence-electron chi connectivity index (χ3n) is 2.26. The Hall–Kier alpha value is -0.380. The van der Waals surface area contributed by atoms with Gasteiger partial charge in [-0.3, -0.25) is 0 Å². The van der Waals surface area contributed by atoms with Gasteiger partial charge in [0.1, 0.15) is 0 Å². The van der Waals surface area contributed by atoms with Crippen LogP contribution < -0.4 is 11.1 Å². The predicted octanol–water partition coefficient (Wildman–Crippen LogP) is 1.55. The third kappa shape index (κ3) is 1.28. The monoisotopic (exact) mass is 226 g/mol. The molecule has 0 fully saturated rings. The van der Waals surface area contributed by atoms with Gasteiger partial charge >= 0.3 is 0 Å². The van der Waals surface area contributed by atoms with Crippen LogP contribution in [0.2, 0.25) is 0 Å². The van der Waals surface area contributed by atoms with E-state index < -0.39 is 0 Å². The minimum atomic E-state index is 0.355. The number of nitrogens with one attached hydrogen (secondary N) is 1. The molecule has 0 radical (unpaired) electrons. The van der Waals surface area contributed by atoms with Crippen molar-refractivity contribution in [2.24, 2.45) is 5.73 Å². The molecule has 2 rings (SSSR count). The van der Waals surface area contributed by atoms with Crippen LogP contribution in [0.5, 0.6) is 0 Å². The van der Waals surface area contributed by atoms with Crippen LogP contribution in [0.25, 0.3) is 0 Å². The van der Waals surface area contributed by atoms with Crippen molar-refractivity contribution in [2.75, 3.05) is 6.54 Å². The Kier molecular flexibility index (Phi) is 2.17. The topological polar surface area (TPSA) is 38.0 Å². The number of nitrogens with two attached hydrogens (primary N) is 1. The Bertz CT molecular complexity index is 299. The van der Waals surface area contributed by atoms with Crippen LogP contribution in [0.1, 0.15) is 17.2 Å². The molecule has 1 aromatic carbocycles. The average Bonchev–Trinajstić information content (AvgIpc) is 2.46. The zero-order valence-corrected chi connectivity index (χ0v) is 8.26. The fourth-order valence-corrected chi connectivity index (χ4v) is 2.03. The van der Waals surface area contributed by atoms with Gasteiger partial charge in [-0.1, -0.05) is 22.0 Å². The van der Waals surface area contributed by atoms with Crippen molar-refractivity contribution >= 4 is 15.9 Å². The van der Waals surface area contributed by atoms with Crippen LogP contribution in [-0.4, -0.2) is 6.54 Å². The molecule has 2 nitrogen and oxygen atoms in total. The van der Waals surface area contributed by atoms with E-state index in [0.717, 1.165) is 11.0 Å². The Morgan fingerprint density at radius 2 is 2.42 bits per heavy atom. The maximum absolute atomic E-state index is 5.61. The van der Waals surface area contributed by atoms with E-state index in [4.69, 9.17) is 5.73 Å². The summed E-state index contributed by atoms with van der Waals surface area (Å²) < 4.78 is 1.14. The molecule has 1 unspecified atom stereocenters. The SMILES string of the molecule is NCC1NCc2cc(Br)ccc21. The van der Waals surface area contributed by atoms with E-state index in [9.17, 15) is 0 Å². The Balaban J connectivity index is 2.40. The van der Waals surface area contributed by atoms with E-state index in [1.807, 2.05) is 0 Å². The Labute approximate surface area is 80.3 Å². The van der Waals surface area contributed by atoms with E-state index in [1.165, 1.54) is 11.1 Å². The van der Waals surface area contributed by atoms with Gasteiger partial charge in [0.15, 0.2) is 0 Å². The largest absolute Gasteiger partial charge is 0.329 e. The van der Waals surface area contributed by atoms with Crippen LogP contribution in [0.15, 0.2) is 22.7 Å². The van der Waals surface area contributed by atoms with Gasteiger partial charge in [0.05, 0.1) is 0 Å². The number of fused-ring (bicyclic) bond motifs is 1. The van der Waals surface area contributed by atoms with Crippen LogP contribution >= 0.6 is 15.9 Å². The number of halogens is 1. The van der Waals surface area contributed by atoms with Crippen molar-refractivity contribution in [3.8, 4) is 0 Å². The van der Waals surface area contributed by atoms with Gasteiger partial charge in [-0.2, -0.15) is 0 Å². The summed E-state index contributed by atoms with van der Waals surface area (Å²) in [6.07, 6.45) is 0. The quantitative estimate of drug-likeness (QED) is 0.763. The molecular formula is C9H11BrN2. The number of hydrogen-bond donors (Lipinski definition) is 2. The van der Waals surface area contributed by atoms with E-state index in [-0.39, 0.29) is 0 Å². The third-order valence-corrected chi connectivity index (χ3v) is 2.75. The standard InChI is InChI=1S/C9H11BrN2/c10-7-1-2-8-6(3-7)5-12-9(8)4-11/h1-3,9,12H,4-5,11H2. The zero-order chi connectivity index (χ0) is 8.55. The predicted molar refractivity (Wildman–Crippen MR) is 52.8 cm³/mol. The summed E-state index contributed by atoms with van der Waals surface area (Å²) in [5, 5.41) is 3.35. The molecule has 3 heteroatoms. The van der Waals surface area contributed by atoms with E-state index >= 15 is 0 Å². The second-order valence-corrected chi connectivity index (χ2v) is 3.93. The van der Waals surface area contributed by atoms with Gasteiger partial charge in [0, 0.05) is 23.6 Å². The average molecular weight is 227 g/mol. The second-order valence-electron chi connectivity index (χ2n) is 3.01. The van der Waals surface area contributed by atoms with Crippen molar-refractivity contribution in [1.82, 2.24) is 5.32 Å². The molecule has 1 aliphatic heterocycles. The molecule has 0 bridgehead atoms. The first kappa shape index (κ1) is 8.23. The molecule has 0 saturated carbocycles. The number of rotatable bonds is 1. The molecule has 64 valence electrons. The number of hydrogen-bond acceptors (Lipinski definition) is 2. The van der Waals surface area contributed by atoms with Crippen LogP contribution in [0, 0.1) is 0 Å². The lowest BCUT2D eigenvalue weighted by Crippen LogP contribution is -2.21. The zero-order valence-electron chi connectivity index (χ0n) is 6.68. The van der Waals surface area contributed by atoms with E-state index in [0.29, 0.717) is 12.6 Å². The van der Waals surface area contributed by atoms with E-state index in [1.54, 1.807) is 0 Å². The molecule has 0 spiro atoms. The Morgan fingerprint density at radius 3 is 3.17 bits per heavy atom. The first-order chi connectivity index (χ1) is 5.81. The highest BCUT2D eigenvalue weighted by Gasteiger charge is 2.19. The normalized spacial score (nSPS) is 21.0.